The number of nitrogens with one attached hydrogen (secondary N) is 3. The van der Waals surface area contributed by atoms with Crippen molar-refractivity contribution in [1.82, 2.24) is 20.9 Å². The highest BCUT2D eigenvalue weighted by molar-refractivity contribution is 14.0. The summed E-state index contributed by atoms with van der Waals surface area (Å²) in [6.45, 7) is 12.1. The SMILES string of the molecule is CCNC(=NCC(CC(C)C)N1CCCC1)NCCNC(=O)C1CC1.I. The third-order valence-corrected chi connectivity index (χ3v) is 4.87. The molecule has 0 aromatic heterocycles. The Morgan fingerprint density at radius 2 is 1.77 bits per heavy atom. The molecular weight excluding hydrogens is 441 g/mol. The Balaban J connectivity index is 0.00000338. The number of carbonyl (C=O) groups excluding carboxylic acids is 1. The van der Waals surface area contributed by atoms with E-state index in [-0.39, 0.29) is 35.8 Å². The summed E-state index contributed by atoms with van der Waals surface area (Å²) >= 11 is 0. The predicted octanol–water partition coefficient (Wildman–Crippen LogP) is 2.20. The van der Waals surface area contributed by atoms with Gasteiger partial charge in [-0.1, -0.05) is 13.8 Å². The summed E-state index contributed by atoms with van der Waals surface area (Å²) in [7, 11) is 0. The molecular formula is C19H38IN5O. The fourth-order valence-corrected chi connectivity index (χ4v) is 3.38. The van der Waals surface area contributed by atoms with Crippen LogP contribution < -0.4 is 16.0 Å². The van der Waals surface area contributed by atoms with E-state index in [1.807, 2.05) is 0 Å². The third kappa shape index (κ3) is 8.88. The number of nitrogens with zero attached hydrogens (tertiary/aromatic N) is 2. The molecule has 26 heavy (non-hydrogen) atoms. The molecule has 2 fully saturated rings. The molecule has 0 aromatic carbocycles. The Morgan fingerprint density at radius 1 is 1.12 bits per heavy atom. The summed E-state index contributed by atoms with van der Waals surface area (Å²) in [5.74, 6) is 2.03. The van der Waals surface area contributed by atoms with E-state index < -0.39 is 0 Å². The molecule has 1 saturated carbocycles. The van der Waals surface area contributed by atoms with Gasteiger partial charge in [-0.25, -0.2) is 0 Å². The predicted molar refractivity (Wildman–Crippen MR) is 119 cm³/mol. The van der Waals surface area contributed by atoms with Gasteiger partial charge in [0.2, 0.25) is 5.91 Å². The number of rotatable bonds is 10. The van der Waals surface area contributed by atoms with Crippen molar-refractivity contribution in [1.29, 1.82) is 0 Å². The number of likely N-dealkylation sites (tertiary alicyclic amines) is 1. The lowest BCUT2D eigenvalue weighted by molar-refractivity contribution is -0.122. The average Bonchev–Trinajstić information content (AvgIpc) is 3.29. The van der Waals surface area contributed by atoms with Crippen LogP contribution in [0.5, 0.6) is 0 Å². The van der Waals surface area contributed by atoms with Crippen molar-refractivity contribution in [2.24, 2.45) is 16.8 Å². The molecule has 0 bridgehead atoms. The maximum absolute atomic E-state index is 11.7. The van der Waals surface area contributed by atoms with Gasteiger partial charge >= 0.3 is 0 Å². The van der Waals surface area contributed by atoms with Crippen molar-refractivity contribution in [3.05, 3.63) is 0 Å². The molecule has 1 amide bonds. The van der Waals surface area contributed by atoms with E-state index in [1.54, 1.807) is 0 Å². The number of guanidine groups is 1. The van der Waals surface area contributed by atoms with Crippen LogP contribution in [0.4, 0.5) is 0 Å². The van der Waals surface area contributed by atoms with Crippen LogP contribution >= 0.6 is 24.0 Å². The molecule has 2 rings (SSSR count). The Hall–Kier alpha value is -0.570. The van der Waals surface area contributed by atoms with Crippen LogP contribution in [0.1, 0.15) is 52.9 Å². The van der Waals surface area contributed by atoms with Crippen molar-refractivity contribution >= 4 is 35.8 Å². The molecule has 0 radical (unpaired) electrons. The summed E-state index contributed by atoms with van der Waals surface area (Å²) < 4.78 is 0. The molecule has 1 heterocycles. The van der Waals surface area contributed by atoms with E-state index >= 15 is 0 Å². The van der Waals surface area contributed by atoms with Crippen LogP contribution in [0.2, 0.25) is 0 Å². The van der Waals surface area contributed by atoms with E-state index in [0.717, 1.165) is 31.9 Å². The Bertz CT molecular complexity index is 434. The lowest BCUT2D eigenvalue weighted by atomic mass is 10.0. The minimum Gasteiger partial charge on any atom is -0.357 e. The fourth-order valence-electron chi connectivity index (χ4n) is 3.38. The Morgan fingerprint density at radius 3 is 2.35 bits per heavy atom. The normalized spacial score (nSPS) is 19.2. The van der Waals surface area contributed by atoms with E-state index in [9.17, 15) is 4.79 Å². The third-order valence-electron chi connectivity index (χ3n) is 4.87. The second-order valence-electron chi connectivity index (χ2n) is 7.74. The van der Waals surface area contributed by atoms with Gasteiger partial charge in [0.05, 0.1) is 6.54 Å². The van der Waals surface area contributed by atoms with Crippen molar-refractivity contribution in [3.8, 4) is 0 Å². The topological polar surface area (TPSA) is 68.8 Å². The van der Waals surface area contributed by atoms with Gasteiger partial charge in [0.15, 0.2) is 5.96 Å². The average molecular weight is 479 g/mol. The van der Waals surface area contributed by atoms with Crippen LogP contribution in [0.25, 0.3) is 0 Å². The molecule has 152 valence electrons. The summed E-state index contributed by atoms with van der Waals surface area (Å²) in [6, 6.07) is 0.535. The minimum atomic E-state index is 0. The van der Waals surface area contributed by atoms with Gasteiger partial charge in [0.1, 0.15) is 0 Å². The van der Waals surface area contributed by atoms with Crippen LogP contribution in [0, 0.1) is 11.8 Å². The maximum Gasteiger partial charge on any atom is 0.223 e. The number of aliphatic imine (C=N–C) groups is 1. The zero-order chi connectivity index (χ0) is 18.1. The first-order chi connectivity index (χ1) is 12.1. The van der Waals surface area contributed by atoms with Gasteiger partial charge in [0.25, 0.3) is 0 Å². The molecule has 6 nitrogen and oxygen atoms in total. The van der Waals surface area contributed by atoms with E-state index in [0.29, 0.717) is 25.0 Å². The summed E-state index contributed by atoms with van der Waals surface area (Å²) in [4.78, 5) is 19.1. The quantitative estimate of drug-likeness (QED) is 0.195. The highest BCUT2D eigenvalue weighted by Gasteiger charge is 2.29. The van der Waals surface area contributed by atoms with Crippen molar-refractivity contribution in [3.63, 3.8) is 0 Å². The van der Waals surface area contributed by atoms with Crippen molar-refractivity contribution in [2.75, 3.05) is 39.3 Å². The molecule has 1 aliphatic heterocycles. The first-order valence-corrected chi connectivity index (χ1v) is 10.1. The summed E-state index contributed by atoms with van der Waals surface area (Å²) in [5, 5.41) is 9.64. The second-order valence-corrected chi connectivity index (χ2v) is 7.74. The van der Waals surface area contributed by atoms with E-state index in [1.165, 1.54) is 32.4 Å². The summed E-state index contributed by atoms with van der Waals surface area (Å²) in [6.07, 6.45) is 5.93. The van der Waals surface area contributed by atoms with Crippen molar-refractivity contribution in [2.45, 2.75) is 58.9 Å². The lowest BCUT2D eigenvalue weighted by Gasteiger charge is -2.28. The van der Waals surface area contributed by atoms with Gasteiger partial charge in [-0.3, -0.25) is 14.7 Å². The second kappa shape index (κ2) is 12.8. The fraction of sp³-hybridized carbons (Fsp3) is 0.895. The molecule has 0 spiro atoms. The molecule has 1 saturated heterocycles. The number of hydrogen-bond acceptors (Lipinski definition) is 3. The van der Waals surface area contributed by atoms with Gasteiger partial charge in [-0.15, -0.1) is 24.0 Å². The minimum absolute atomic E-state index is 0. The molecule has 7 heteroatoms. The standard InChI is InChI=1S/C19H37N5O.HI/c1-4-20-19(22-10-9-21-18(25)16-7-8-16)23-14-17(13-15(2)3)24-11-5-6-12-24;/h15-17H,4-14H2,1-3H3,(H,21,25)(H2,20,22,23);1H. The largest absolute Gasteiger partial charge is 0.357 e. The van der Waals surface area contributed by atoms with Crippen LogP contribution in [0.15, 0.2) is 4.99 Å². The smallest absolute Gasteiger partial charge is 0.223 e. The first-order valence-electron chi connectivity index (χ1n) is 10.1. The van der Waals surface area contributed by atoms with Gasteiger partial charge in [-0.05, 0) is 58.0 Å². The van der Waals surface area contributed by atoms with Crippen molar-refractivity contribution < 1.29 is 4.79 Å². The molecule has 2 aliphatic rings. The highest BCUT2D eigenvalue weighted by atomic mass is 127. The van der Waals surface area contributed by atoms with Gasteiger partial charge in [-0.2, -0.15) is 0 Å². The number of carbonyl (C=O) groups is 1. The molecule has 1 unspecified atom stereocenters. The maximum atomic E-state index is 11.7. The Kier molecular flexibility index (Phi) is 11.5. The zero-order valence-electron chi connectivity index (χ0n) is 16.7. The first kappa shape index (κ1) is 23.5. The van der Waals surface area contributed by atoms with Crippen LogP contribution in [0.3, 0.4) is 0 Å². The Labute approximate surface area is 176 Å². The van der Waals surface area contributed by atoms with E-state index in [2.05, 4.69) is 41.6 Å². The monoisotopic (exact) mass is 479 g/mol. The molecule has 1 atom stereocenters. The van der Waals surface area contributed by atoms with Gasteiger partial charge in [0, 0.05) is 31.6 Å². The molecule has 0 aromatic rings. The van der Waals surface area contributed by atoms with E-state index in [4.69, 9.17) is 4.99 Å². The lowest BCUT2D eigenvalue weighted by Crippen LogP contribution is -2.43. The summed E-state index contributed by atoms with van der Waals surface area (Å²) in [5.41, 5.74) is 0. The number of halogens is 1. The molecule has 1 aliphatic carbocycles. The van der Waals surface area contributed by atoms with Gasteiger partial charge < -0.3 is 16.0 Å². The number of amides is 1. The number of hydrogen-bond donors (Lipinski definition) is 3. The molecule has 3 N–H and O–H groups in total. The van der Waals surface area contributed by atoms with Crippen LogP contribution in [-0.4, -0.2) is 62.1 Å². The van der Waals surface area contributed by atoms with Crippen LogP contribution in [-0.2, 0) is 4.79 Å². The zero-order valence-corrected chi connectivity index (χ0v) is 19.1. The highest BCUT2D eigenvalue weighted by Crippen LogP contribution is 2.28.